The number of aryl methyl sites for hydroxylation is 1. The number of rotatable bonds is 7. The average molecular weight is 461 g/mol. The van der Waals surface area contributed by atoms with Crippen molar-refractivity contribution in [1.82, 2.24) is 14.5 Å². The fourth-order valence-corrected chi connectivity index (χ4v) is 4.16. The molecule has 6 nitrogen and oxygen atoms in total. The van der Waals surface area contributed by atoms with Gasteiger partial charge in [0.1, 0.15) is 0 Å². The number of fused-ring (bicyclic) bond motifs is 1. The topological polar surface area (TPSA) is 67.2 Å². The maximum atomic E-state index is 12.5. The van der Waals surface area contributed by atoms with Gasteiger partial charge in [0.15, 0.2) is 5.16 Å². The minimum absolute atomic E-state index is 0.00901. The molecule has 0 radical (unpaired) electrons. The van der Waals surface area contributed by atoms with E-state index < -0.39 is 0 Å². The van der Waals surface area contributed by atoms with E-state index >= 15 is 0 Å². The Labute approximate surface area is 176 Å². The Bertz CT molecular complexity index is 1000. The van der Waals surface area contributed by atoms with Gasteiger partial charge in [0.25, 0.3) is 0 Å². The Morgan fingerprint density at radius 3 is 2.64 bits per heavy atom. The highest BCUT2D eigenvalue weighted by atomic mass is 79.9. The summed E-state index contributed by atoms with van der Waals surface area (Å²) in [5.41, 5.74) is 2.65. The van der Waals surface area contributed by atoms with Gasteiger partial charge in [0.05, 0.1) is 29.0 Å². The average Bonchev–Trinajstić information content (AvgIpc) is 3.05. The molecule has 1 heterocycles. The summed E-state index contributed by atoms with van der Waals surface area (Å²) in [4.78, 5) is 30.7. The van der Waals surface area contributed by atoms with Crippen molar-refractivity contribution in [3.63, 3.8) is 0 Å². The van der Waals surface area contributed by atoms with E-state index in [-0.39, 0.29) is 24.1 Å². The molecule has 3 rings (SSSR count). The largest absolute Gasteiger partial charge is 0.336 e. The summed E-state index contributed by atoms with van der Waals surface area (Å²) in [6.45, 7) is 2.82. The highest BCUT2D eigenvalue weighted by Crippen LogP contribution is 2.24. The number of para-hydroxylation sites is 3. The number of anilines is 1. The predicted octanol–water partition coefficient (Wildman–Crippen LogP) is 4.01. The lowest BCUT2D eigenvalue weighted by atomic mass is 10.3. The lowest BCUT2D eigenvalue weighted by molar-refractivity contribution is -0.131. The number of benzene rings is 2. The molecule has 0 atom stereocenters. The van der Waals surface area contributed by atoms with E-state index in [9.17, 15) is 9.59 Å². The Kier molecular flexibility index (Phi) is 6.74. The minimum Gasteiger partial charge on any atom is -0.336 e. The molecule has 2 aromatic carbocycles. The van der Waals surface area contributed by atoms with Gasteiger partial charge in [-0.15, -0.1) is 0 Å². The molecule has 0 fully saturated rings. The monoisotopic (exact) mass is 460 g/mol. The molecule has 0 aliphatic rings. The van der Waals surface area contributed by atoms with Crippen molar-refractivity contribution in [3.05, 3.63) is 53.0 Å². The molecule has 0 unspecified atom stereocenters. The SMILES string of the molecule is CCn1c(SCC(=O)N(C)CC(=O)Nc2ccccc2Br)nc2ccccc21. The molecule has 0 spiro atoms. The third kappa shape index (κ3) is 4.74. The maximum Gasteiger partial charge on any atom is 0.244 e. The number of halogens is 1. The van der Waals surface area contributed by atoms with E-state index in [1.165, 1.54) is 16.7 Å². The second kappa shape index (κ2) is 9.25. The molecular weight excluding hydrogens is 440 g/mol. The highest BCUT2D eigenvalue weighted by molar-refractivity contribution is 9.10. The lowest BCUT2D eigenvalue weighted by Gasteiger charge is -2.17. The number of thioether (sulfide) groups is 1. The second-order valence-electron chi connectivity index (χ2n) is 6.19. The van der Waals surface area contributed by atoms with Crippen LogP contribution in [-0.4, -0.2) is 45.6 Å². The molecule has 28 heavy (non-hydrogen) atoms. The van der Waals surface area contributed by atoms with Gasteiger partial charge >= 0.3 is 0 Å². The zero-order valence-corrected chi connectivity index (χ0v) is 18.1. The molecule has 1 N–H and O–H groups in total. The fourth-order valence-electron chi connectivity index (χ4n) is 2.76. The fraction of sp³-hybridized carbons (Fsp3) is 0.250. The van der Waals surface area contributed by atoms with Crippen molar-refractivity contribution in [3.8, 4) is 0 Å². The molecule has 0 saturated heterocycles. The summed E-state index contributed by atoms with van der Waals surface area (Å²) in [6.07, 6.45) is 0. The molecule has 3 aromatic rings. The molecule has 1 aromatic heterocycles. The summed E-state index contributed by atoms with van der Waals surface area (Å²) in [6, 6.07) is 15.3. The smallest absolute Gasteiger partial charge is 0.244 e. The lowest BCUT2D eigenvalue weighted by Crippen LogP contribution is -2.36. The van der Waals surface area contributed by atoms with Crippen LogP contribution < -0.4 is 5.32 Å². The summed E-state index contributed by atoms with van der Waals surface area (Å²) < 4.78 is 2.89. The number of carbonyl (C=O) groups is 2. The number of nitrogens with one attached hydrogen (secondary N) is 1. The van der Waals surface area contributed by atoms with Crippen LogP contribution >= 0.6 is 27.7 Å². The Morgan fingerprint density at radius 2 is 1.89 bits per heavy atom. The molecule has 0 aliphatic carbocycles. The van der Waals surface area contributed by atoms with Gasteiger partial charge in [-0.3, -0.25) is 9.59 Å². The van der Waals surface area contributed by atoms with Gasteiger partial charge in [-0.05, 0) is 47.1 Å². The molecule has 0 saturated carbocycles. The van der Waals surface area contributed by atoms with E-state index in [0.717, 1.165) is 27.2 Å². The van der Waals surface area contributed by atoms with E-state index in [1.807, 2.05) is 42.5 Å². The molecule has 0 bridgehead atoms. The molecule has 146 valence electrons. The van der Waals surface area contributed by atoms with Crippen LogP contribution in [0.25, 0.3) is 11.0 Å². The van der Waals surface area contributed by atoms with Crippen LogP contribution in [-0.2, 0) is 16.1 Å². The van der Waals surface area contributed by atoms with Crippen molar-refractivity contribution >= 4 is 56.2 Å². The number of nitrogens with zero attached hydrogens (tertiary/aromatic N) is 3. The van der Waals surface area contributed by atoms with E-state index in [4.69, 9.17) is 0 Å². The van der Waals surface area contributed by atoms with Crippen LogP contribution in [0.4, 0.5) is 5.69 Å². The van der Waals surface area contributed by atoms with Crippen molar-refractivity contribution < 1.29 is 9.59 Å². The van der Waals surface area contributed by atoms with Crippen LogP contribution in [0.2, 0.25) is 0 Å². The van der Waals surface area contributed by atoms with Gasteiger partial charge in [-0.25, -0.2) is 4.98 Å². The third-order valence-electron chi connectivity index (χ3n) is 4.21. The number of amides is 2. The zero-order valence-electron chi connectivity index (χ0n) is 15.7. The van der Waals surface area contributed by atoms with Crippen LogP contribution in [0.15, 0.2) is 58.2 Å². The standard InChI is InChI=1S/C20H21BrN4O2S/c1-3-25-17-11-7-6-10-16(17)23-20(25)28-13-19(27)24(2)12-18(26)22-15-9-5-4-8-14(15)21/h4-11H,3,12-13H2,1-2H3,(H,22,26). The summed E-state index contributed by atoms with van der Waals surface area (Å²) >= 11 is 4.78. The third-order valence-corrected chi connectivity index (χ3v) is 5.87. The van der Waals surface area contributed by atoms with Gasteiger partial charge in [0, 0.05) is 18.1 Å². The first-order valence-electron chi connectivity index (χ1n) is 8.86. The van der Waals surface area contributed by atoms with E-state index in [2.05, 4.69) is 37.7 Å². The Hall–Kier alpha value is -2.32. The molecule has 0 aliphatic heterocycles. The normalized spacial score (nSPS) is 10.8. The first kappa shape index (κ1) is 20.4. The predicted molar refractivity (Wildman–Crippen MR) is 117 cm³/mol. The highest BCUT2D eigenvalue weighted by Gasteiger charge is 2.16. The summed E-state index contributed by atoms with van der Waals surface area (Å²) in [5.74, 6) is -0.141. The maximum absolute atomic E-state index is 12.5. The second-order valence-corrected chi connectivity index (χ2v) is 7.99. The van der Waals surface area contributed by atoms with Gasteiger partial charge in [0.2, 0.25) is 11.8 Å². The van der Waals surface area contributed by atoms with Gasteiger partial charge in [-0.1, -0.05) is 36.0 Å². The van der Waals surface area contributed by atoms with Gasteiger partial charge in [-0.2, -0.15) is 0 Å². The number of imidazole rings is 1. The van der Waals surface area contributed by atoms with Crippen molar-refractivity contribution in [2.45, 2.75) is 18.6 Å². The number of likely N-dealkylation sites (N-methyl/N-ethyl adjacent to an activating group) is 1. The Morgan fingerprint density at radius 1 is 1.18 bits per heavy atom. The first-order valence-corrected chi connectivity index (χ1v) is 10.6. The zero-order chi connectivity index (χ0) is 20.1. The number of carbonyl (C=O) groups excluding carboxylic acids is 2. The van der Waals surface area contributed by atoms with E-state index in [1.54, 1.807) is 13.1 Å². The first-order chi connectivity index (χ1) is 13.5. The van der Waals surface area contributed by atoms with Crippen molar-refractivity contribution in [2.75, 3.05) is 24.7 Å². The van der Waals surface area contributed by atoms with Crippen LogP contribution in [0, 0.1) is 0 Å². The van der Waals surface area contributed by atoms with Gasteiger partial charge < -0.3 is 14.8 Å². The van der Waals surface area contributed by atoms with Crippen LogP contribution in [0.3, 0.4) is 0 Å². The van der Waals surface area contributed by atoms with Crippen LogP contribution in [0.5, 0.6) is 0 Å². The summed E-state index contributed by atoms with van der Waals surface area (Å²) in [7, 11) is 1.63. The quantitative estimate of drug-likeness (QED) is 0.540. The van der Waals surface area contributed by atoms with Crippen LogP contribution in [0.1, 0.15) is 6.92 Å². The van der Waals surface area contributed by atoms with Crippen molar-refractivity contribution in [1.29, 1.82) is 0 Å². The number of hydrogen-bond donors (Lipinski definition) is 1. The van der Waals surface area contributed by atoms with Crippen molar-refractivity contribution in [2.24, 2.45) is 0 Å². The summed E-state index contributed by atoms with van der Waals surface area (Å²) in [5, 5.41) is 3.61. The molecular formula is C20H21BrN4O2S. The minimum atomic E-state index is -0.242. The molecule has 2 amide bonds. The van der Waals surface area contributed by atoms with E-state index in [0.29, 0.717) is 5.69 Å². The number of hydrogen-bond acceptors (Lipinski definition) is 4. The number of aromatic nitrogens is 2. The molecule has 8 heteroatoms. The Balaban J connectivity index is 1.57.